The number of hydrogen-bond donors (Lipinski definition) is 0. The van der Waals surface area contributed by atoms with Crippen LogP contribution in [0.15, 0.2) is 0 Å². The van der Waals surface area contributed by atoms with Crippen LogP contribution >= 0.6 is 0 Å². The van der Waals surface area contributed by atoms with Crippen LogP contribution in [0.2, 0.25) is 0 Å². The number of alkyl halides is 3. The highest BCUT2D eigenvalue weighted by Crippen LogP contribution is 2.20. The molecule has 0 aromatic heterocycles. The second kappa shape index (κ2) is 7.37. The molecule has 0 radical (unpaired) electrons. The van der Waals surface area contributed by atoms with Crippen molar-refractivity contribution >= 4 is 17.7 Å². The number of likely N-dealkylation sites (tertiary alicyclic amines) is 1. The number of rotatable bonds is 4. The molecule has 2 rings (SSSR count). The van der Waals surface area contributed by atoms with Crippen LogP contribution in [-0.4, -0.2) is 84.7 Å². The van der Waals surface area contributed by atoms with Gasteiger partial charge in [-0.15, -0.1) is 0 Å². The Morgan fingerprint density at radius 3 is 2.58 bits per heavy atom. The van der Waals surface area contributed by atoms with E-state index in [2.05, 4.69) is 0 Å². The zero-order valence-electron chi connectivity index (χ0n) is 13.3. The maximum absolute atomic E-state index is 12.4. The van der Waals surface area contributed by atoms with Gasteiger partial charge in [0.25, 0.3) is 5.91 Å². The summed E-state index contributed by atoms with van der Waals surface area (Å²) in [7, 11) is 1.42. The van der Waals surface area contributed by atoms with Gasteiger partial charge in [0, 0.05) is 13.7 Å². The highest BCUT2D eigenvalue weighted by Gasteiger charge is 2.39. The maximum atomic E-state index is 12.4. The Morgan fingerprint density at radius 1 is 1.25 bits per heavy atom. The van der Waals surface area contributed by atoms with E-state index < -0.39 is 43.9 Å². The van der Waals surface area contributed by atoms with Crippen LogP contribution < -0.4 is 0 Å². The molecule has 0 aliphatic carbocycles. The first-order valence-electron chi connectivity index (χ1n) is 7.65. The van der Waals surface area contributed by atoms with E-state index in [1.54, 1.807) is 0 Å². The number of nitrogens with zero attached hydrogens (tertiary/aromatic N) is 3. The first-order valence-corrected chi connectivity index (χ1v) is 7.65. The summed E-state index contributed by atoms with van der Waals surface area (Å²) in [5, 5.41) is 0. The molecule has 136 valence electrons. The van der Waals surface area contributed by atoms with Gasteiger partial charge in [0.2, 0.25) is 11.8 Å². The van der Waals surface area contributed by atoms with E-state index in [4.69, 9.17) is 4.74 Å². The average Bonchev–Trinajstić information content (AvgIpc) is 2.74. The molecular formula is C14H20F3N3O4. The number of carbonyl (C=O) groups is 3. The molecule has 2 fully saturated rings. The van der Waals surface area contributed by atoms with Gasteiger partial charge in [-0.3, -0.25) is 14.4 Å². The lowest BCUT2D eigenvalue weighted by Gasteiger charge is -2.25. The highest BCUT2D eigenvalue weighted by atomic mass is 19.4. The molecule has 0 aromatic rings. The van der Waals surface area contributed by atoms with Gasteiger partial charge in [0.15, 0.2) is 0 Å². The lowest BCUT2D eigenvalue weighted by molar-refractivity contribution is -0.158. The summed E-state index contributed by atoms with van der Waals surface area (Å²) in [5.41, 5.74) is 0. The number of ether oxygens (including phenoxy) is 1. The number of methoxy groups -OCH3 is 1. The van der Waals surface area contributed by atoms with Gasteiger partial charge in [0.1, 0.15) is 19.2 Å². The van der Waals surface area contributed by atoms with Crippen LogP contribution in [0.4, 0.5) is 13.2 Å². The lowest BCUT2D eigenvalue weighted by Crippen LogP contribution is -2.46. The molecule has 3 amide bonds. The molecule has 24 heavy (non-hydrogen) atoms. The lowest BCUT2D eigenvalue weighted by atomic mass is 10.2. The van der Waals surface area contributed by atoms with Gasteiger partial charge in [-0.2, -0.15) is 13.2 Å². The molecule has 0 spiro atoms. The molecule has 1 unspecified atom stereocenters. The van der Waals surface area contributed by atoms with Crippen LogP contribution in [0.25, 0.3) is 0 Å². The van der Waals surface area contributed by atoms with Crippen LogP contribution in [0.5, 0.6) is 0 Å². The monoisotopic (exact) mass is 351 g/mol. The highest BCUT2D eigenvalue weighted by molar-refractivity contribution is 5.91. The van der Waals surface area contributed by atoms with Gasteiger partial charge in [-0.05, 0) is 19.3 Å². The van der Waals surface area contributed by atoms with Crippen LogP contribution in [0.1, 0.15) is 19.3 Å². The van der Waals surface area contributed by atoms with E-state index in [-0.39, 0.29) is 12.5 Å². The van der Waals surface area contributed by atoms with Crippen molar-refractivity contribution in [2.45, 2.75) is 31.5 Å². The van der Waals surface area contributed by atoms with Crippen LogP contribution in [0.3, 0.4) is 0 Å². The fraction of sp³-hybridized carbons (Fsp3) is 0.786. The largest absolute Gasteiger partial charge is 0.406 e. The van der Waals surface area contributed by atoms with Crippen molar-refractivity contribution in [3.8, 4) is 0 Å². The molecule has 0 N–H and O–H groups in total. The molecule has 10 heteroatoms. The third-order valence-electron chi connectivity index (χ3n) is 4.09. The van der Waals surface area contributed by atoms with Crippen molar-refractivity contribution < 1.29 is 32.3 Å². The maximum Gasteiger partial charge on any atom is 0.406 e. The Hall–Kier alpha value is -1.84. The predicted octanol–water partition coefficient (Wildman–Crippen LogP) is 0.204. The number of carbonyl (C=O) groups excluding carboxylic acids is 3. The molecule has 2 aliphatic rings. The zero-order valence-corrected chi connectivity index (χ0v) is 13.3. The fourth-order valence-electron chi connectivity index (χ4n) is 2.83. The summed E-state index contributed by atoms with van der Waals surface area (Å²) < 4.78 is 42.3. The van der Waals surface area contributed by atoms with Gasteiger partial charge >= 0.3 is 6.18 Å². The van der Waals surface area contributed by atoms with Crippen molar-refractivity contribution in [2.75, 3.05) is 40.0 Å². The molecule has 0 bridgehead atoms. The Balaban J connectivity index is 1.95. The minimum absolute atomic E-state index is 0.258. The summed E-state index contributed by atoms with van der Waals surface area (Å²) in [6.45, 7) is -2.06. The van der Waals surface area contributed by atoms with Crippen molar-refractivity contribution in [1.82, 2.24) is 14.7 Å². The molecule has 7 nitrogen and oxygen atoms in total. The average molecular weight is 351 g/mol. The molecular weight excluding hydrogens is 331 g/mol. The van der Waals surface area contributed by atoms with Gasteiger partial charge in [-0.25, -0.2) is 0 Å². The van der Waals surface area contributed by atoms with E-state index in [1.807, 2.05) is 0 Å². The minimum atomic E-state index is -4.51. The number of amides is 3. The fourth-order valence-corrected chi connectivity index (χ4v) is 2.83. The Morgan fingerprint density at radius 2 is 1.96 bits per heavy atom. The van der Waals surface area contributed by atoms with Crippen molar-refractivity contribution in [1.29, 1.82) is 0 Å². The molecule has 2 saturated heterocycles. The van der Waals surface area contributed by atoms with E-state index in [1.165, 1.54) is 12.0 Å². The molecule has 2 aliphatic heterocycles. The molecule has 0 saturated carbocycles. The Kier molecular flexibility index (Phi) is 5.68. The van der Waals surface area contributed by atoms with E-state index >= 15 is 0 Å². The minimum Gasteiger partial charge on any atom is -0.372 e. The summed E-state index contributed by atoms with van der Waals surface area (Å²) in [6.07, 6.45) is -3.04. The summed E-state index contributed by atoms with van der Waals surface area (Å²) in [6, 6.07) is 0. The standard InChI is InChI=1S/C14H20F3N3O4/c1-24-10-4-2-3-5-18(13(10)23)6-11(21)19-7-12(22)20(9-19)8-14(15,16)17/h10H,2-9H2,1H3. The quantitative estimate of drug-likeness (QED) is 0.726. The van der Waals surface area contributed by atoms with Crippen molar-refractivity contribution in [2.24, 2.45) is 0 Å². The SMILES string of the molecule is COC1CCCCN(CC(=O)N2CC(=O)N(CC(F)(F)F)C2)C1=O. The predicted molar refractivity (Wildman–Crippen MR) is 75.6 cm³/mol. The van der Waals surface area contributed by atoms with E-state index in [0.717, 1.165) is 17.7 Å². The Bertz CT molecular complexity index is 512. The molecule has 1 atom stereocenters. The van der Waals surface area contributed by atoms with Gasteiger partial charge in [0.05, 0.1) is 13.2 Å². The second-order valence-electron chi connectivity index (χ2n) is 5.92. The topological polar surface area (TPSA) is 70.2 Å². The summed E-state index contributed by atoms with van der Waals surface area (Å²) in [5.74, 6) is -1.60. The summed E-state index contributed by atoms with van der Waals surface area (Å²) >= 11 is 0. The van der Waals surface area contributed by atoms with E-state index in [9.17, 15) is 27.6 Å². The second-order valence-corrected chi connectivity index (χ2v) is 5.92. The first-order chi connectivity index (χ1) is 11.2. The van der Waals surface area contributed by atoms with Gasteiger partial charge in [-0.1, -0.05) is 0 Å². The third-order valence-corrected chi connectivity index (χ3v) is 4.09. The third kappa shape index (κ3) is 4.59. The zero-order chi connectivity index (χ0) is 17.9. The number of hydrogen-bond acceptors (Lipinski definition) is 4. The van der Waals surface area contributed by atoms with Crippen LogP contribution in [-0.2, 0) is 19.1 Å². The van der Waals surface area contributed by atoms with Crippen molar-refractivity contribution in [3.63, 3.8) is 0 Å². The van der Waals surface area contributed by atoms with Crippen molar-refractivity contribution in [3.05, 3.63) is 0 Å². The molecule has 2 heterocycles. The Labute approximate surface area is 137 Å². The van der Waals surface area contributed by atoms with Gasteiger partial charge < -0.3 is 19.4 Å². The molecule has 0 aromatic carbocycles. The number of halogens is 3. The van der Waals surface area contributed by atoms with E-state index in [0.29, 0.717) is 17.9 Å². The smallest absolute Gasteiger partial charge is 0.372 e. The first kappa shape index (κ1) is 18.5. The summed E-state index contributed by atoms with van der Waals surface area (Å²) in [4.78, 5) is 39.1. The van der Waals surface area contributed by atoms with Crippen LogP contribution in [0, 0.1) is 0 Å². The normalized spacial score (nSPS) is 23.0.